The largest absolute Gasteiger partial charge is 0.481 e. The molecule has 2 aliphatic rings. The highest BCUT2D eigenvalue weighted by molar-refractivity contribution is 9.10. The van der Waals surface area contributed by atoms with Crippen molar-refractivity contribution in [3.63, 3.8) is 0 Å². The van der Waals surface area contributed by atoms with Gasteiger partial charge in [-0.3, -0.25) is 4.79 Å². The summed E-state index contributed by atoms with van der Waals surface area (Å²) in [6, 6.07) is 1.65. The zero-order valence-electron chi connectivity index (χ0n) is 11.2. The molecule has 0 spiro atoms. The highest BCUT2D eigenvalue weighted by Crippen LogP contribution is 2.44. The summed E-state index contributed by atoms with van der Waals surface area (Å²) in [6.07, 6.45) is 3.13. The number of halogens is 1. The van der Waals surface area contributed by atoms with Gasteiger partial charge >= 0.3 is 5.97 Å². The predicted octanol–water partition coefficient (Wildman–Crippen LogP) is 2.92. The van der Waals surface area contributed by atoms with Crippen molar-refractivity contribution in [3.8, 4) is 0 Å². The number of carbonyl (C=O) groups is 1. The lowest BCUT2D eigenvalue weighted by molar-refractivity contribution is -0.138. The summed E-state index contributed by atoms with van der Waals surface area (Å²) in [4.78, 5) is 10.9. The Labute approximate surface area is 136 Å². The first-order valence-electron chi connectivity index (χ1n) is 6.88. The molecule has 1 aromatic heterocycles. The average molecular weight is 394 g/mol. The maximum Gasteiger partial charge on any atom is 0.303 e. The van der Waals surface area contributed by atoms with Crippen molar-refractivity contribution < 1.29 is 18.3 Å². The van der Waals surface area contributed by atoms with Crippen molar-refractivity contribution in [3.05, 3.63) is 15.9 Å². The van der Waals surface area contributed by atoms with E-state index in [9.17, 15) is 13.2 Å². The fraction of sp³-hybridized carbons (Fsp3) is 0.615. The van der Waals surface area contributed by atoms with Gasteiger partial charge in [0.2, 0.25) is 0 Å². The van der Waals surface area contributed by atoms with E-state index in [1.807, 2.05) is 0 Å². The van der Waals surface area contributed by atoms with Crippen molar-refractivity contribution in [2.24, 2.45) is 5.92 Å². The third-order valence-corrected chi connectivity index (χ3v) is 8.98. The van der Waals surface area contributed by atoms with Crippen LogP contribution in [-0.4, -0.2) is 35.9 Å². The quantitative estimate of drug-likeness (QED) is 0.852. The monoisotopic (exact) mass is 393 g/mol. The lowest BCUT2D eigenvalue weighted by Gasteiger charge is -2.37. The van der Waals surface area contributed by atoms with Crippen LogP contribution in [0.25, 0.3) is 0 Å². The minimum Gasteiger partial charge on any atom is -0.481 e. The maximum absolute atomic E-state index is 12.8. The third kappa shape index (κ3) is 2.78. The van der Waals surface area contributed by atoms with Crippen LogP contribution in [0.15, 0.2) is 20.1 Å². The predicted molar refractivity (Wildman–Crippen MR) is 82.8 cm³/mol. The second-order valence-corrected chi connectivity index (χ2v) is 9.52. The smallest absolute Gasteiger partial charge is 0.303 e. The van der Waals surface area contributed by atoms with Gasteiger partial charge in [0.05, 0.1) is 0 Å². The average Bonchev–Trinajstić information content (AvgIpc) is 2.92. The number of sulfonamides is 1. The highest BCUT2D eigenvalue weighted by Gasteiger charge is 2.48. The Morgan fingerprint density at radius 2 is 2.00 bits per heavy atom. The highest BCUT2D eigenvalue weighted by atomic mass is 79.9. The maximum atomic E-state index is 12.8. The minimum atomic E-state index is -3.48. The number of rotatable bonds is 4. The molecule has 2 fully saturated rings. The molecule has 3 rings (SSSR count). The number of thiophene rings is 1. The molecule has 2 aliphatic heterocycles. The van der Waals surface area contributed by atoms with E-state index in [4.69, 9.17) is 5.11 Å². The molecule has 116 valence electrons. The molecular formula is C13H16BrNO4S2. The van der Waals surface area contributed by atoms with Crippen molar-refractivity contribution >= 4 is 43.3 Å². The van der Waals surface area contributed by atoms with Gasteiger partial charge in [0.15, 0.2) is 0 Å². The molecule has 21 heavy (non-hydrogen) atoms. The van der Waals surface area contributed by atoms with Crippen LogP contribution in [-0.2, 0) is 14.8 Å². The van der Waals surface area contributed by atoms with Crippen LogP contribution >= 0.6 is 27.3 Å². The Morgan fingerprint density at radius 1 is 1.38 bits per heavy atom. The Kier molecular flexibility index (Phi) is 4.15. The van der Waals surface area contributed by atoms with Crippen LogP contribution in [0.1, 0.15) is 32.1 Å². The molecule has 2 atom stereocenters. The van der Waals surface area contributed by atoms with Gasteiger partial charge in [-0.2, -0.15) is 4.31 Å². The van der Waals surface area contributed by atoms with Crippen LogP contribution < -0.4 is 0 Å². The number of piperidine rings is 1. The molecule has 3 heterocycles. The van der Waals surface area contributed by atoms with E-state index in [1.165, 1.54) is 11.3 Å². The SMILES string of the molecule is O=C(O)CC1CC2CCC(C1)N2S(=O)(=O)c1sccc1Br. The first-order valence-corrected chi connectivity index (χ1v) is 9.99. The summed E-state index contributed by atoms with van der Waals surface area (Å²) < 4.78 is 28.3. The van der Waals surface area contributed by atoms with Crippen molar-refractivity contribution in [2.75, 3.05) is 0 Å². The van der Waals surface area contributed by atoms with E-state index >= 15 is 0 Å². The van der Waals surface area contributed by atoms with Gasteiger partial charge in [-0.1, -0.05) is 0 Å². The Balaban J connectivity index is 1.86. The van der Waals surface area contributed by atoms with Gasteiger partial charge in [-0.15, -0.1) is 11.3 Å². The van der Waals surface area contributed by atoms with E-state index in [0.717, 1.165) is 12.8 Å². The number of hydrogen-bond donors (Lipinski definition) is 1. The van der Waals surface area contributed by atoms with Gasteiger partial charge in [0.25, 0.3) is 10.0 Å². The molecule has 8 heteroatoms. The number of carboxylic acids is 1. The number of aliphatic carboxylic acids is 1. The second kappa shape index (κ2) is 5.64. The number of carboxylic acid groups (broad SMARTS) is 1. The number of fused-ring (bicyclic) bond motifs is 2. The molecular weight excluding hydrogens is 378 g/mol. The standard InChI is InChI=1S/C13H16BrNO4S2/c14-11-3-4-20-13(11)21(18,19)15-9-1-2-10(15)6-8(5-9)7-12(16)17/h3-4,8-10H,1-2,5-7H2,(H,16,17). The molecule has 0 aliphatic carbocycles. The molecule has 2 saturated heterocycles. The molecule has 0 amide bonds. The summed E-state index contributed by atoms with van der Waals surface area (Å²) in [7, 11) is -3.48. The normalized spacial score (nSPS) is 29.7. The second-order valence-electron chi connectivity index (χ2n) is 5.71. The van der Waals surface area contributed by atoms with E-state index in [2.05, 4.69) is 15.9 Å². The zero-order valence-corrected chi connectivity index (χ0v) is 14.5. The van der Waals surface area contributed by atoms with Gasteiger partial charge in [0, 0.05) is 23.0 Å². The third-order valence-electron chi connectivity index (χ3n) is 4.32. The Bertz CT molecular complexity index is 643. The molecule has 0 saturated carbocycles. The summed E-state index contributed by atoms with van der Waals surface area (Å²) in [5, 5.41) is 10.7. The van der Waals surface area contributed by atoms with E-state index in [-0.39, 0.29) is 24.4 Å². The molecule has 1 aromatic rings. The topological polar surface area (TPSA) is 74.7 Å². The van der Waals surface area contributed by atoms with E-state index in [0.29, 0.717) is 21.5 Å². The van der Waals surface area contributed by atoms with E-state index in [1.54, 1.807) is 15.8 Å². The van der Waals surface area contributed by atoms with Gasteiger partial charge < -0.3 is 5.11 Å². The van der Waals surface area contributed by atoms with Crippen LogP contribution in [0, 0.1) is 5.92 Å². The molecule has 5 nitrogen and oxygen atoms in total. The fourth-order valence-electron chi connectivity index (χ4n) is 3.61. The minimum absolute atomic E-state index is 0.0490. The van der Waals surface area contributed by atoms with Gasteiger partial charge in [0.1, 0.15) is 4.21 Å². The molecule has 2 bridgehead atoms. The lowest BCUT2D eigenvalue weighted by Crippen LogP contribution is -2.46. The first kappa shape index (κ1) is 15.5. The van der Waals surface area contributed by atoms with Crippen LogP contribution in [0.3, 0.4) is 0 Å². The Hall–Kier alpha value is -0.440. The van der Waals surface area contributed by atoms with Gasteiger partial charge in [-0.25, -0.2) is 8.42 Å². The van der Waals surface area contributed by atoms with Crippen LogP contribution in [0.5, 0.6) is 0 Å². The zero-order chi connectivity index (χ0) is 15.2. The number of nitrogens with zero attached hydrogens (tertiary/aromatic N) is 1. The summed E-state index contributed by atoms with van der Waals surface area (Å²) >= 11 is 4.52. The lowest BCUT2D eigenvalue weighted by atomic mass is 9.90. The van der Waals surface area contributed by atoms with E-state index < -0.39 is 16.0 Å². The van der Waals surface area contributed by atoms with Crippen molar-refractivity contribution in [1.29, 1.82) is 0 Å². The van der Waals surface area contributed by atoms with Crippen molar-refractivity contribution in [1.82, 2.24) is 4.31 Å². The molecule has 0 aromatic carbocycles. The van der Waals surface area contributed by atoms with Gasteiger partial charge in [-0.05, 0) is 59.0 Å². The summed E-state index contributed by atoms with van der Waals surface area (Å²) in [5.41, 5.74) is 0. The fourth-order valence-corrected chi connectivity index (χ4v) is 7.91. The Morgan fingerprint density at radius 3 is 2.48 bits per heavy atom. The van der Waals surface area contributed by atoms with Crippen LogP contribution in [0.4, 0.5) is 0 Å². The molecule has 1 N–H and O–H groups in total. The molecule has 2 unspecified atom stereocenters. The molecule has 0 radical (unpaired) electrons. The van der Waals surface area contributed by atoms with Crippen molar-refractivity contribution in [2.45, 2.75) is 48.4 Å². The number of hydrogen-bond acceptors (Lipinski definition) is 4. The first-order chi connectivity index (χ1) is 9.89. The van der Waals surface area contributed by atoms with Crippen LogP contribution in [0.2, 0.25) is 0 Å². The summed E-state index contributed by atoms with van der Waals surface area (Å²) in [6.45, 7) is 0. The summed E-state index contributed by atoms with van der Waals surface area (Å²) in [5.74, 6) is -0.699.